The zero-order valence-electron chi connectivity index (χ0n) is 9.81. The fraction of sp³-hybridized carbons (Fsp3) is 0.909. The van der Waals surface area contributed by atoms with Crippen molar-refractivity contribution in [2.24, 2.45) is 10.5 Å². The van der Waals surface area contributed by atoms with Crippen LogP contribution in [0.3, 0.4) is 0 Å². The minimum absolute atomic E-state index is 0.0897. The van der Waals surface area contributed by atoms with Crippen molar-refractivity contribution >= 4 is 5.97 Å². The molecule has 5 heteroatoms. The largest absolute Gasteiger partial charge is 0.469 e. The van der Waals surface area contributed by atoms with E-state index >= 15 is 0 Å². The van der Waals surface area contributed by atoms with Crippen molar-refractivity contribution in [2.45, 2.75) is 44.9 Å². The van der Waals surface area contributed by atoms with E-state index in [1.165, 1.54) is 13.5 Å². The molecular weight excluding hydrogens is 206 g/mol. The number of rotatable bonds is 5. The first-order chi connectivity index (χ1) is 7.75. The summed E-state index contributed by atoms with van der Waals surface area (Å²) >= 11 is 0. The van der Waals surface area contributed by atoms with Crippen LogP contribution in [0.4, 0.5) is 0 Å². The molecule has 1 aliphatic rings. The maximum Gasteiger partial charge on any atom is 0.311 e. The van der Waals surface area contributed by atoms with Crippen molar-refractivity contribution in [3.63, 3.8) is 0 Å². The second-order valence-electron chi connectivity index (χ2n) is 4.39. The summed E-state index contributed by atoms with van der Waals surface area (Å²) in [5, 5.41) is 3.50. The number of esters is 1. The van der Waals surface area contributed by atoms with E-state index in [0.717, 1.165) is 38.5 Å². The second-order valence-corrected chi connectivity index (χ2v) is 4.39. The summed E-state index contributed by atoms with van der Waals surface area (Å²) in [5.74, 6) is -0.0897. The summed E-state index contributed by atoms with van der Waals surface area (Å²) in [6.45, 7) is 0.468. The number of hydrogen-bond donors (Lipinski definition) is 0. The minimum Gasteiger partial charge on any atom is -0.469 e. The lowest BCUT2D eigenvalue weighted by Crippen LogP contribution is -2.34. The molecule has 0 saturated heterocycles. The number of carbonyl (C=O) groups excluding carboxylic acids is 1. The Bertz CT molecular complexity index is 279. The molecule has 0 spiro atoms. The molecule has 0 aromatic carbocycles. The van der Waals surface area contributed by atoms with Crippen LogP contribution < -0.4 is 0 Å². The summed E-state index contributed by atoms with van der Waals surface area (Å²) in [5.41, 5.74) is 7.88. The molecule has 1 saturated carbocycles. The first-order valence-electron chi connectivity index (χ1n) is 5.84. The Labute approximate surface area is 95.8 Å². The number of hydrogen-bond acceptors (Lipinski definition) is 3. The molecule has 0 N–H and O–H groups in total. The van der Waals surface area contributed by atoms with Gasteiger partial charge in [-0.3, -0.25) is 4.79 Å². The predicted molar refractivity (Wildman–Crippen MR) is 60.8 cm³/mol. The van der Waals surface area contributed by atoms with Crippen LogP contribution in [0, 0.1) is 5.41 Å². The molecule has 0 heterocycles. The fourth-order valence-electron chi connectivity index (χ4n) is 2.53. The molecular formula is C11H19N3O2. The van der Waals surface area contributed by atoms with Crippen molar-refractivity contribution in [2.75, 3.05) is 13.7 Å². The van der Waals surface area contributed by atoms with Crippen LogP contribution in [-0.2, 0) is 9.53 Å². The van der Waals surface area contributed by atoms with Gasteiger partial charge in [-0.1, -0.05) is 24.4 Å². The highest BCUT2D eigenvalue weighted by Crippen LogP contribution is 2.41. The average molecular weight is 225 g/mol. The minimum atomic E-state index is -0.308. The number of methoxy groups -OCH3 is 1. The van der Waals surface area contributed by atoms with Gasteiger partial charge in [0, 0.05) is 11.5 Å². The Morgan fingerprint density at radius 3 is 2.69 bits per heavy atom. The first kappa shape index (κ1) is 12.8. The van der Waals surface area contributed by atoms with Crippen LogP contribution in [0.15, 0.2) is 5.11 Å². The van der Waals surface area contributed by atoms with Crippen LogP contribution in [-0.4, -0.2) is 19.6 Å². The summed E-state index contributed by atoms with van der Waals surface area (Å²) in [7, 11) is 1.45. The molecule has 16 heavy (non-hydrogen) atoms. The van der Waals surface area contributed by atoms with Gasteiger partial charge in [0.05, 0.1) is 12.5 Å². The Hall–Kier alpha value is -1.22. The smallest absolute Gasteiger partial charge is 0.311 e. The van der Waals surface area contributed by atoms with Crippen LogP contribution in [0.5, 0.6) is 0 Å². The monoisotopic (exact) mass is 225 g/mol. The van der Waals surface area contributed by atoms with Gasteiger partial charge in [-0.05, 0) is 31.2 Å². The van der Waals surface area contributed by atoms with Gasteiger partial charge in [0.2, 0.25) is 0 Å². The van der Waals surface area contributed by atoms with Crippen LogP contribution in [0.25, 0.3) is 10.4 Å². The van der Waals surface area contributed by atoms with E-state index in [-0.39, 0.29) is 11.4 Å². The number of azide groups is 1. The highest BCUT2D eigenvalue weighted by molar-refractivity contribution is 5.76. The van der Waals surface area contributed by atoms with Gasteiger partial charge >= 0.3 is 5.97 Å². The van der Waals surface area contributed by atoms with Gasteiger partial charge in [-0.15, -0.1) is 0 Å². The van der Waals surface area contributed by atoms with Gasteiger partial charge < -0.3 is 4.74 Å². The highest BCUT2D eigenvalue weighted by Gasteiger charge is 2.39. The first-order valence-corrected chi connectivity index (χ1v) is 5.84. The van der Waals surface area contributed by atoms with Crippen molar-refractivity contribution < 1.29 is 9.53 Å². The normalized spacial score (nSPS) is 18.6. The maximum absolute atomic E-state index is 11.8. The molecule has 0 atom stereocenters. The van der Waals surface area contributed by atoms with Crippen LogP contribution >= 0.6 is 0 Å². The maximum atomic E-state index is 11.8. The molecule has 1 fully saturated rings. The third kappa shape index (κ3) is 3.14. The Morgan fingerprint density at radius 1 is 1.44 bits per heavy atom. The Kier molecular flexibility index (Phi) is 5.12. The number of ether oxygens (including phenoxy) is 1. The molecule has 0 amide bonds. The third-order valence-corrected chi connectivity index (χ3v) is 3.41. The zero-order valence-corrected chi connectivity index (χ0v) is 9.81. The number of nitrogens with zero attached hydrogens (tertiary/aromatic N) is 3. The summed E-state index contributed by atoms with van der Waals surface area (Å²) in [6.07, 6.45) is 6.76. The van der Waals surface area contributed by atoms with E-state index in [9.17, 15) is 4.79 Å². The molecule has 1 rings (SSSR count). The molecule has 0 unspecified atom stereocenters. The molecule has 1 aliphatic carbocycles. The Balaban J connectivity index is 2.55. The molecule has 90 valence electrons. The Morgan fingerprint density at radius 2 is 2.12 bits per heavy atom. The predicted octanol–water partition coefficient (Wildman–Crippen LogP) is 3.20. The van der Waals surface area contributed by atoms with Gasteiger partial charge in [-0.25, -0.2) is 0 Å². The molecule has 0 radical (unpaired) electrons. The van der Waals surface area contributed by atoms with Gasteiger partial charge in [0.15, 0.2) is 0 Å². The molecule has 0 aromatic heterocycles. The summed E-state index contributed by atoms with van der Waals surface area (Å²) in [6, 6.07) is 0. The average Bonchev–Trinajstić information content (AvgIpc) is 2.35. The van der Waals surface area contributed by atoms with E-state index in [0.29, 0.717) is 6.54 Å². The lowest BCUT2D eigenvalue weighted by Gasteiger charge is -2.34. The quantitative estimate of drug-likeness (QED) is 0.237. The molecule has 0 aromatic rings. The molecule has 5 nitrogen and oxygen atoms in total. The van der Waals surface area contributed by atoms with E-state index in [1.807, 2.05) is 0 Å². The van der Waals surface area contributed by atoms with Crippen molar-refractivity contribution in [3.8, 4) is 0 Å². The fourth-order valence-corrected chi connectivity index (χ4v) is 2.53. The van der Waals surface area contributed by atoms with E-state index in [1.54, 1.807) is 0 Å². The van der Waals surface area contributed by atoms with E-state index < -0.39 is 0 Å². The molecule has 0 aliphatic heterocycles. The summed E-state index contributed by atoms with van der Waals surface area (Å²) in [4.78, 5) is 14.5. The summed E-state index contributed by atoms with van der Waals surface area (Å²) < 4.78 is 4.91. The van der Waals surface area contributed by atoms with Crippen LogP contribution in [0.2, 0.25) is 0 Å². The van der Waals surface area contributed by atoms with Crippen LogP contribution in [0.1, 0.15) is 44.9 Å². The SMILES string of the molecule is COC(=O)C1(CCCN=[N+]=[N-])CCCCC1. The number of carbonyl (C=O) groups is 1. The highest BCUT2D eigenvalue weighted by atomic mass is 16.5. The van der Waals surface area contributed by atoms with E-state index in [4.69, 9.17) is 10.3 Å². The lowest BCUT2D eigenvalue weighted by molar-refractivity contribution is -0.155. The molecule has 0 bridgehead atoms. The standard InChI is InChI=1S/C11H19N3O2/c1-16-10(15)11(6-3-2-4-7-11)8-5-9-13-14-12/h2-9H2,1H3. The lowest BCUT2D eigenvalue weighted by atomic mass is 9.71. The second kappa shape index (κ2) is 6.38. The topological polar surface area (TPSA) is 75.1 Å². The van der Waals surface area contributed by atoms with Crippen molar-refractivity contribution in [1.29, 1.82) is 0 Å². The van der Waals surface area contributed by atoms with Crippen molar-refractivity contribution in [1.82, 2.24) is 0 Å². The third-order valence-electron chi connectivity index (χ3n) is 3.41. The van der Waals surface area contributed by atoms with Crippen molar-refractivity contribution in [3.05, 3.63) is 10.4 Å². The van der Waals surface area contributed by atoms with Gasteiger partial charge in [-0.2, -0.15) is 0 Å². The van der Waals surface area contributed by atoms with E-state index in [2.05, 4.69) is 10.0 Å². The van der Waals surface area contributed by atoms with Gasteiger partial charge in [0.25, 0.3) is 0 Å². The van der Waals surface area contributed by atoms with Gasteiger partial charge in [0.1, 0.15) is 0 Å². The zero-order chi connectivity index (χ0) is 11.9.